The summed E-state index contributed by atoms with van der Waals surface area (Å²) in [6, 6.07) is 5.31. The highest BCUT2D eigenvalue weighted by Crippen LogP contribution is 2.28. The Morgan fingerprint density at radius 1 is 1.59 bits per heavy atom. The summed E-state index contributed by atoms with van der Waals surface area (Å²) in [4.78, 5) is 11.5. The molecule has 88 valence electrons. The first kappa shape index (κ1) is 12.1. The number of aromatic nitrogens is 3. The van der Waals surface area contributed by atoms with Crippen LogP contribution in [0, 0.1) is 0 Å². The van der Waals surface area contributed by atoms with Crippen LogP contribution in [0.4, 0.5) is 0 Å². The summed E-state index contributed by atoms with van der Waals surface area (Å²) in [5, 5.41) is 7.04. The lowest BCUT2D eigenvalue weighted by atomic mass is 10.2. The van der Waals surface area contributed by atoms with Crippen LogP contribution in [-0.4, -0.2) is 14.8 Å². The van der Waals surface area contributed by atoms with E-state index in [1.165, 1.54) is 4.57 Å². The van der Waals surface area contributed by atoms with Gasteiger partial charge in [-0.25, -0.2) is 9.89 Å². The molecule has 1 N–H and O–H groups in total. The van der Waals surface area contributed by atoms with Gasteiger partial charge in [0.15, 0.2) is 5.82 Å². The van der Waals surface area contributed by atoms with Crippen molar-refractivity contribution in [1.82, 2.24) is 14.8 Å². The van der Waals surface area contributed by atoms with E-state index in [0.717, 1.165) is 10.0 Å². The monoisotopic (exact) mass is 313 g/mol. The van der Waals surface area contributed by atoms with Gasteiger partial charge in [0.25, 0.3) is 0 Å². The quantitative estimate of drug-likeness (QED) is 0.886. The number of nitrogens with one attached hydrogen (secondary N) is 1. The standard InChI is InChI=1S/C11H9BrClN3O/c1-2-5-16-10(14-15-11(16)17)8-4-3-7(13)6-9(8)12/h2-4,6H,1,5H2,(H,15,17). The average Bonchev–Trinajstić information content (AvgIpc) is 2.62. The molecule has 0 unspecified atom stereocenters. The van der Waals surface area contributed by atoms with Crippen LogP contribution in [0.1, 0.15) is 0 Å². The molecule has 0 spiro atoms. The summed E-state index contributed by atoms with van der Waals surface area (Å²) < 4.78 is 2.29. The fourth-order valence-corrected chi connectivity index (χ4v) is 2.35. The highest BCUT2D eigenvalue weighted by atomic mass is 79.9. The molecule has 0 aliphatic carbocycles. The predicted molar refractivity (Wildman–Crippen MR) is 71.2 cm³/mol. The third kappa shape index (κ3) is 2.35. The zero-order valence-corrected chi connectivity index (χ0v) is 11.1. The van der Waals surface area contributed by atoms with Gasteiger partial charge in [0.2, 0.25) is 0 Å². The number of hydrogen-bond acceptors (Lipinski definition) is 2. The number of allylic oxidation sites excluding steroid dienone is 1. The molecule has 1 heterocycles. The molecule has 0 aliphatic rings. The van der Waals surface area contributed by atoms with E-state index in [1.807, 2.05) is 6.07 Å². The Kier molecular flexibility index (Phi) is 3.49. The average molecular weight is 315 g/mol. The lowest BCUT2D eigenvalue weighted by Crippen LogP contribution is -2.16. The summed E-state index contributed by atoms with van der Waals surface area (Å²) in [6.45, 7) is 4.02. The maximum atomic E-state index is 11.5. The Balaban J connectivity index is 2.60. The Morgan fingerprint density at radius 2 is 2.35 bits per heavy atom. The predicted octanol–water partition coefficient (Wildman–Crippen LogP) is 2.84. The fraction of sp³-hybridized carbons (Fsp3) is 0.0909. The first-order valence-corrected chi connectivity index (χ1v) is 6.02. The minimum Gasteiger partial charge on any atom is -0.271 e. The largest absolute Gasteiger partial charge is 0.343 e. The minimum atomic E-state index is -0.262. The van der Waals surface area contributed by atoms with Crippen molar-refractivity contribution in [2.45, 2.75) is 6.54 Å². The number of halogens is 2. The number of nitrogens with zero attached hydrogens (tertiary/aromatic N) is 2. The van der Waals surface area contributed by atoms with Crippen molar-refractivity contribution in [2.24, 2.45) is 0 Å². The summed E-state index contributed by atoms with van der Waals surface area (Å²) in [6.07, 6.45) is 1.64. The van der Waals surface area contributed by atoms with Gasteiger partial charge in [-0.15, -0.1) is 6.58 Å². The third-order valence-corrected chi connectivity index (χ3v) is 3.13. The second-order valence-corrected chi connectivity index (χ2v) is 4.67. The van der Waals surface area contributed by atoms with Gasteiger partial charge in [0.1, 0.15) is 0 Å². The van der Waals surface area contributed by atoms with E-state index in [-0.39, 0.29) is 5.69 Å². The van der Waals surface area contributed by atoms with Crippen molar-refractivity contribution in [1.29, 1.82) is 0 Å². The number of rotatable bonds is 3. The summed E-state index contributed by atoms with van der Waals surface area (Å²) >= 11 is 9.27. The Hall–Kier alpha value is -1.33. The summed E-state index contributed by atoms with van der Waals surface area (Å²) in [5.41, 5.74) is 0.538. The van der Waals surface area contributed by atoms with Crippen molar-refractivity contribution in [3.05, 3.63) is 50.8 Å². The number of hydrogen-bond donors (Lipinski definition) is 1. The maximum absolute atomic E-state index is 11.5. The first-order valence-electron chi connectivity index (χ1n) is 4.85. The molecule has 6 heteroatoms. The normalized spacial score (nSPS) is 10.5. The summed E-state index contributed by atoms with van der Waals surface area (Å²) in [5.74, 6) is 0.554. The summed E-state index contributed by atoms with van der Waals surface area (Å²) in [7, 11) is 0. The van der Waals surface area contributed by atoms with Crippen molar-refractivity contribution >= 4 is 27.5 Å². The molecule has 0 fully saturated rings. The van der Waals surface area contributed by atoms with Gasteiger partial charge in [0, 0.05) is 21.6 Å². The van der Waals surface area contributed by atoms with E-state index in [4.69, 9.17) is 11.6 Å². The van der Waals surface area contributed by atoms with Crippen LogP contribution in [0.5, 0.6) is 0 Å². The number of benzene rings is 1. The van der Waals surface area contributed by atoms with E-state index in [0.29, 0.717) is 17.4 Å². The highest BCUT2D eigenvalue weighted by Gasteiger charge is 2.12. The third-order valence-electron chi connectivity index (χ3n) is 2.24. The molecular weight excluding hydrogens is 305 g/mol. The van der Waals surface area contributed by atoms with E-state index in [1.54, 1.807) is 18.2 Å². The highest BCUT2D eigenvalue weighted by molar-refractivity contribution is 9.10. The smallest absolute Gasteiger partial charge is 0.271 e. The first-order chi connectivity index (χ1) is 8.13. The lowest BCUT2D eigenvalue weighted by molar-refractivity contribution is 0.790. The number of H-pyrrole nitrogens is 1. The molecule has 0 saturated heterocycles. The Labute approximate surface area is 111 Å². The van der Waals surface area contributed by atoms with Gasteiger partial charge in [0.05, 0.1) is 0 Å². The van der Waals surface area contributed by atoms with Crippen LogP contribution in [0.2, 0.25) is 5.02 Å². The molecule has 2 aromatic rings. The molecule has 0 radical (unpaired) electrons. The second-order valence-electron chi connectivity index (χ2n) is 3.38. The molecule has 0 amide bonds. The second kappa shape index (κ2) is 4.89. The van der Waals surface area contributed by atoms with Crippen LogP contribution in [0.25, 0.3) is 11.4 Å². The van der Waals surface area contributed by atoms with Gasteiger partial charge in [-0.2, -0.15) is 5.10 Å². The van der Waals surface area contributed by atoms with E-state index < -0.39 is 0 Å². The molecule has 0 bridgehead atoms. The molecule has 1 aromatic carbocycles. The van der Waals surface area contributed by atoms with Gasteiger partial charge in [-0.05, 0) is 34.1 Å². The lowest BCUT2D eigenvalue weighted by Gasteiger charge is -2.05. The Bertz CT molecular complexity index is 617. The zero-order chi connectivity index (χ0) is 12.4. The molecule has 1 aromatic heterocycles. The molecule has 4 nitrogen and oxygen atoms in total. The molecule has 17 heavy (non-hydrogen) atoms. The molecule has 0 atom stereocenters. The van der Waals surface area contributed by atoms with E-state index in [9.17, 15) is 4.79 Å². The van der Waals surface area contributed by atoms with Gasteiger partial charge in [-0.3, -0.25) is 4.57 Å². The van der Waals surface area contributed by atoms with Crippen LogP contribution < -0.4 is 5.69 Å². The van der Waals surface area contributed by atoms with E-state index >= 15 is 0 Å². The topological polar surface area (TPSA) is 50.7 Å². The van der Waals surface area contributed by atoms with Gasteiger partial charge < -0.3 is 0 Å². The van der Waals surface area contributed by atoms with Crippen LogP contribution >= 0.6 is 27.5 Å². The SMILES string of the molecule is C=CCn1c(-c2ccc(Cl)cc2Br)n[nH]c1=O. The van der Waals surface area contributed by atoms with Crippen molar-refractivity contribution < 1.29 is 0 Å². The van der Waals surface area contributed by atoms with Gasteiger partial charge in [-0.1, -0.05) is 17.7 Å². The maximum Gasteiger partial charge on any atom is 0.343 e. The fourth-order valence-electron chi connectivity index (χ4n) is 1.49. The van der Waals surface area contributed by atoms with E-state index in [2.05, 4.69) is 32.7 Å². The Morgan fingerprint density at radius 3 is 3.00 bits per heavy atom. The van der Waals surface area contributed by atoms with Crippen molar-refractivity contribution in [3.63, 3.8) is 0 Å². The van der Waals surface area contributed by atoms with Gasteiger partial charge >= 0.3 is 5.69 Å². The van der Waals surface area contributed by atoms with Crippen LogP contribution in [-0.2, 0) is 6.54 Å². The molecular formula is C11H9BrClN3O. The minimum absolute atomic E-state index is 0.262. The van der Waals surface area contributed by atoms with Crippen molar-refractivity contribution in [2.75, 3.05) is 0 Å². The van der Waals surface area contributed by atoms with Crippen LogP contribution in [0.15, 0.2) is 40.1 Å². The number of aromatic amines is 1. The van der Waals surface area contributed by atoms with Crippen LogP contribution in [0.3, 0.4) is 0 Å². The van der Waals surface area contributed by atoms with Crippen molar-refractivity contribution in [3.8, 4) is 11.4 Å². The molecule has 0 saturated carbocycles. The molecule has 0 aliphatic heterocycles. The molecule has 2 rings (SSSR count). The zero-order valence-electron chi connectivity index (χ0n) is 8.78.